The molecule has 1 rings (SSSR count). The van der Waals surface area contributed by atoms with Crippen molar-refractivity contribution in [3.8, 4) is 0 Å². The summed E-state index contributed by atoms with van der Waals surface area (Å²) in [5, 5.41) is 8.65. The zero-order chi connectivity index (χ0) is 13.1. The number of sulfonamides is 1. The van der Waals surface area contributed by atoms with Crippen molar-refractivity contribution in [2.75, 3.05) is 6.54 Å². The zero-order valence-corrected chi connectivity index (χ0v) is 11.5. The number of nitrogens with one attached hydrogen (secondary N) is 1. The molecule has 0 heterocycles. The SMILES string of the molecule is CC(CNS(=O)(=O)c1cccc(Br)c1)C(=O)O. The highest BCUT2D eigenvalue weighted by Gasteiger charge is 2.18. The minimum Gasteiger partial charge on any atom is -0.481 e. The summed E-state index contributed by atoms with van der Waals surface area (Å²) >= 11 is 3.17. The van der Waals surface area contributed by atoms with Gasteiger partial charge in [-0.15, -0.1) is 0 Å². The smallest absolute Gasteiger partial charge is 0.307 e. The van der Waals surface area contributed by atoms with Crippen molar-refractivity contribution in [3.05, 3.63) is 28.7 Å². The van der Waals surface area contributed by atoms with Gasteiger partial charge < -0.3 is 5.11 Å². The first-order chi connectivity index (χ1) is 7.83. The predicted molar refractivity (Wildman–Crippen MR) is 66.1 cm³/mol. The van der Waals surface area contributed by atoms with Crippen molar-refractivity contribution in [1.82, 2.24) is 4.72 Å². The maximum atomic E-state index is 11.8. The summed E-state index contributed by atoms with van der Waals surface area (Å²) in [5.74, 6) is -1.81. The van der Waals surface area contributed by atoms with Crippen LogP contribution in [0.25, 0.3) is 0 Å². The number of benzene rings is 1. The van der Waals surface area contributed by atoms with Crippen LogP contribution in [-0.4, -0.2) is 26.0 Å². The Kier molecular flexibility index (Phi) is 4.67. The van der Waals surface area contributed by atoms with Crippen LogP contribution in [0.4, 0.5) is 0 Å². The van der Waals surface area contributed by atoms with E-state index in [1.165, 1.54) is 19.1 Å². The lowest BCUT2D eigenvalue weighted by Crippen LogP contribution is -2.31. The fraction of sp³-hybridized carbons (Fsp3) is 0.300. The summed E-state index contributed by atoms with van der Waals surface area (Å²) in [4.78, 5) is 10.7. The number of rotatable bonds is 5. The van der Waals surface area contributed by atoms with Crippen LogP contribution in [0.3, 0.4) is 0 Å². The predicted octanol–water partition coefficient (Wildman–Crippen LogP) is 1.45. The molecule has 0 aliphatic heterocycles. The van der Waals surface area contributed by atoms with E-state index >= 15 is 0 Å². The van der Waals surface area contributed by atoms with Crippen LogP contribution in [0.5, 0.6) is 0 Å². The van der Waals surface area contributed by atoms with Gasteiger partial charge in [0.1, 0.15) is 0 Å². The van der Waals surface area contributed by atoms with E-state index in [-0.39, 0.29) is 11.4 Å². The van der Waals surface area contributed by atoms with Gasteiger partial charge in [0.05, 0.1) is 10.8 Å². The van der Waals surface area contributed by atoms with Crippen LogP contribution in [-0.2, 0) is 14.8 Å². The highest BCUT2D eigenvalue weighted by molar-refractivity contribution is 9.10. The summed E-state index contributed by atoms with van der Waals surface area (Å²) in [5.41, 5.74) is 0. The standard InChI is InChI=1S/C10H12BrNO4S/c1-7(10(13)14)6-12-17(15,16)9-4-2-3-8(11)5-9/h2-5,7,12H,6H2,1H3,(H,13,14). The highest BCUT2D eigenvalue weighted by Crippen LogP contribution is 2.15. The third kappa shape index (κ3) is 4.10. The maximum absolute atomic E-state index is 11.8. The van der Waals surface area contributed by atoms with Crippen LogP contribution in [0.2, 0.25) is 0 Å². The van der Waals surface area contributed by atoms with Crippen molar-refractivity contribution >= 4 is 31.9 Å². The average Bonchev–Trinajstić information content (AvgIpc) is 2.26. The van der Waals surface area contributed by atoms with Gasteiger partial charge in [-0.25, -0.2) is 13.1 Å². The van der Waals surface area contributed by atoms with E-state index in [0.717, 1.165) is 0 Å². The second-order valence-corrected chi connectivity index (χ2v) is 6.23. The number of carboxylic acids is 1. The third-order valence-corrected chi connectivity index (χ3v) is 4.02. The van der Waals surface area contributed by atoms with Crippen LogP contribution in [0.15, 0.2) is 33.6 Å². The number of carboxylic acid groups (broad SMARTS) is 1. The zero-order valence-electron chi connectivity index (χ0n) is 9.05. The van der Waals surface area contributed by atoms with Gasteiger partial charge in [-0.3, -0.25) is 4.79 Å². The Morgan fingerprint density at radius 1 is 1.53 bits per heavy atom. The van der Waals surface area contributed by atoms with E-state index in [1.807, 2.05) is 0 Å². The number of hydrogen-bond donors (Lipinski definition) is 2. The summed E-state index contributed by atoms with van der Waals surface area (Å²) in [6.45, 7) is 1.30. The average molecular weight is 322 g/mol. The van der Waals surface area contributed by atoms with E-state index in [4.69, 9.17) is 5.11 Å². The molecule has 1 aromatic carbocycles. The van der Waals surface area contributed by atoms with Crippen molar-refractivity contribution < 1.29 is 18.3 Å². The van der Waals surface area contributed by atoms with E-state index < -0.39 is 21.9 Å². The molecule has 1 unspecified atom stereocenters. The highest BCUT2D eigenvalue weighted by atomic mass is 79.9. The number of carbonyl (C=O) groups is 1. The molecule has 0 saturated carbocycles. The molecule has 0 amide bonds. The molecular formula is C10H12BrNO4S. The largest absolute Gasteiger partial charge is 0.481 e. The molecule has 0 aromatic heterocycles. The monoisotopic (exact) mass is 321 g/mol. The van der Waals surface area contributed by atoms with Crippen molar-refractivity contribution in [2.24, 2.45) is 5.92 Å². The Balaban J connectivity index is 2.79. The van der Waals surface area contributed by atoms with Gasteiger partial charge in [0.15, 0.2) is 0 Å². The molecule has 0 radical (unpaired) electrons. The molecule has 0 fully saturated rings. The minimum absolute atomic E-state index is 0.101. The van der Waals surface area contributed by atoms with Gasteiger partial charge in [-0.2, -0.15) is 0 Å². The van der Waals surface area contributed by atoms with Gasteiger partial charge >= 0.3 is 5.97 Å². The van der Waals surface area contributed by atoms with E-state index in [2.05, 4.69) is 20.7 Å². The fourth-order valence-corrected chi connectivity index (χ4v) is 2.77. The summed E-state index contributed by atoms with van der Waals surface area (Å²) in [6, 6.07) is 6.20. The van der Waals surface area contributed by atoms with Gasteiger partial charge in [-0.1, -0.05) is 28.9 Å². The molecule has 1 atom stereocenters. The van der Waals surface area contributed by atoms with E-state index in [9.17, 15) is 13.2 Å². The summed E-state index contributed by atoms with van der Waals surface area (Å²) in [7, 11) is -3.65. The lowest BCUT2D eigenvalue weighted by Gasteiger charge is -2.09. The number of hydrogen-bond acceptors (Lipinski definition) is 3. The van der Waals surface area contributed by atoms with Gasteiger partial charge in [0.25, 0.3) is 0 Å². The second-order valence-electron chi connectivity index (χ2n) is 3.55. The van der Waals surface area contributed by atoms with Crippen molar-refractivity contribution in [1.29, 1.82) is 0 Å². The lowest BCUT2D eigenvalue weighted by molar-refractivity contribution is -0.140. The fourth-order valence-electron chi connectivity index (χ4n) is 1.04. The van der Waals surface area contributed by atoms with Gasteiger partial charge in [0, 0.05) is 11.0 Å². The Morgan fingerprint density at radius 2 is 2.18 bits per heavy atom. The molecule has 17 heavy (non-hydrogen) atoms. The molecule has 94 valence electrons. The second kappa shape index (κ2) is 5.61. The molecule has 0 saturated heterocycles. The first-order valence-corrected chi connectivity index (χ1v) is 7.08. The van der Waals surface area contributed by atoms with Crippen LogP contribution >= 0.6 is 15.9 Å². The molecule has 2 N–H and O–H groups in total. The van der Waals surface area contributed by atoms with Gasteiger partial charge in [-0.05, 0) is 18.2 Å². The summed E-state index contributed by atoms with van der Waals surface area (Å²) in [6.07, 6.45) is 0. The van der Waals surface area contributed by atoms with Crippen molar-refractivity contribution in [3.63, 3.8) is 0 Å². The van der Waals surface area contributed by atoms with Crippen LogP contribution in [0, 0.1) is 5.92 Å². The molecule has 5 nitrogen and oxygen atoms in total. The Morgan fingerprint density at radius 3 is 2.71 bits per heavy atom. The molecule has 7 heteroatoms. The Bertz CT molecular complexity index is 515. The summed E-state index contributed by atoms with van der Waals surface area (Å²) < 4.78 is 26.5. The van der Waals surface area contributed by atoms with Crippen LogP contribution in [0.1, 0.15) is 6.92 Å². The normalized spacial score (nSPS) is 13.3. The van der Waals surface area contributed by atoms with E-state index in [0.29, 0.717) is 4.47 Å². The molecule has 0 bridgehead atoms. The Labute approximate surface area is 108 Å². The first-order valence-electron chi connectivity index (χ1n) is 4.81. The van der Waals surface area contributed by atoms with Gasteiger partial charge in [0.2, 0.25) is 10.0 Å². The molecule has 1 aromatic rings. The molecule has 0 aliphatic carbocycles. The lowest BCUT2D eigenvalue weighted by atomic mass is 10.2. The van der Waals surface area contributed by atoms with Crippen molar-refractivity contribution in [2.45, 2.75) is 11.8 Å². The topological polar surface area (TPSA) is 83.5 Å². The number of aliphatic carboxylic acids is 1. The maximum Gasteiger partial charge on any atom is 0.307 e. The first kappa shape index (κ1) is 14.1. The minimum atomic E-state index is -3.65. The molecular weight excluding hydrogens is 310 g/mol. The quantitative estimate of drug-likeness (QED) is 0.859. The van der Waals surface area contributed by atoms with Crippen LogP contribution < -0.4 is 4.72 Å². The third-order valence-electron chi connectivity index (χ3n) is 2.11. The number of halogens is 1. The Hall–Kier alpha value is -0.920. The molecule has 0 aliphatic rings. The molecule has 0 spiro atoms. The van der Waals surface area contributed by atoms with E-state index in [1.54, 1.807) is 12.1 Å².